The molecule has 0 aliphatic rings. The zero-order valence-corrected chi connectivity index (χ0v) is 14.3. The summed E-state index contributed by atoms with van der Waals surface area (Å²) in [5.74, 6) is 0.913. The van der Waals surface area contributed by atoms with E-state index in [4.69, 9.17) is 34.8 Å². The minimum atomic E-state index is -0.294. The molecule has 0 spiro atoms. The molecule has 1 heterocycles. The molecule has 20 heavy (non-hydrogen) atoms. The number of hydrogen-bond donors (Lipinski definition) is 0. The Kier molecular flexibility index (Phi) is 5.74. The molecule has 0 unspecified atom stereocenters. The van der Waals surface area contributed by atoms with E-state index in [1.165, 1.54) is 4.88 Å². The van der Waals surface area contributed by atoms with E-state index in [-0.39, 0.29) is 5.41 Å². The van der Waals surface area contributed by atoms with Gasteiger partial charge in [-0.25, -0.2) is 4.98 Å². The third-order valence-electron chi connectivity index (χ3n) is 3.63. The summed E-state index contributed by atoms with van der Waals surface area (Å²) >= 11 is 20.5. The summed E-state index contributed by atoms with van der Waals surface area (Å²) in [6.07, 6.45) is 1.79. The fraction of sp³-hybridized carbons (Fsp3) is 0.400. The highest BCUT2D eigenvalue weighted by Crippen LogP contribution is 2.37. The second-order valence-electron chi connectivity index (χ2n) is 4.89. The molecule has 2 aromatic rings. The average Bonchev–Trinajstić information content (AvgIpc) is 2.87. The molecular weight excluding hydrogens is 333 g/mol. The molecule has 0 saturated heterocycles. The van der Waals surface area contributed by atoms with Crippen molar-refractivity contribution in [3.8, 4) is 0 Å². The fourth-order valence-electron chi connectivity index (χ4n) is 2.26. The monoisotopic (exact) mass is 347 g/mol. The lowest BCUT2D eigenvalue weighted by molar-refractivity contribution is 0.494. The maximum Gasteiger partial charge on any atom is 0.0797 e. The van der Waals surface area contributed by atoms with Gasteiger partial charge in [0.2, 0.25) is 0 Å². The van der Waals surface area contributed by atoms with Gasteiger partial charge in [0.1, 0.15) is 0 Å². The first-order chi connectivity index (χ1) is 9.63. The van der Waals surface area contributed by atoms with Crippen LogP contribution < -0.4 is 0 Å². The third kappa shape index (κ3) is 3.30. The molecule has 0 amide bonds. The zero-order chi connectivity index (χ0) is 14.6. The lowest BCUT2D eigenvalue weighted by atomic mass is 9.79. The molecule has 0 fully saturated rings. The molecule has 1 aromatic heterocycles. The number of aryl methyl sites for hydroxylation is 2. The molecule has 0 radical (unpaired) electrons. The summed E-state index contributed by atoms with van der Waals surface area (Å²) < 4.78 is 0. The maximum atomic E-state index is 6.33. The van der Waals surface area contributed by atoms with E-state index in [9.17, 15) is 0 Å². The number of thiazole rings is 1. The summed E-state index contributed by atoms with van der Waals surface area (Å²) in [5, 5.41) is 0.731. The second-order valence-corrected chi connectivity index (χ2v) is 6.77. The molecule has 1 aromatic carbocycles. The van der Waals surface area contributed by atoms with E-state index in [2.05, 4.69) is 4.98 Å². The molecule has 108 valence electrons. The molecule has 2 rings (SSSR count). The van der Waals surface area contributed by atoms with Gasteiger partial charge in [-0.15, -0.1) is 34.5 Å². The Balaban J connectivity index is 2.26. The summed E-state index contributed by atoms with van der Waals surface area (Å²) in [6.45, 7) is 2.03. The van der Waals surface area contributed by atoms with E-state index in [0.717, 1.165) is 29.1 Å². The van der Waals surface area contributed by atoms with E-state index in [0.29, 0.717) is 11.8 Å². The Bertz CT molecular complexity index is 564. The summed E-state index contributed by atoms with van der Waals surface area (Å²) in [5.41, 5.74) is 3.71. The van der Waals surface area contributed by atoms with E-state index in [1.807, 2.05) is 36.7 Å². The topological polar surface area (TPSA) is 12.9 Å². The van der Waals surface area contributed by atoms with Gasteiger partial charge in [-0.1, -0.05) is 29.8 Å². The Morgan fingerprint density at radius 1 is 1.20 bits per heavy atom. The summed E-state index contributed by atoms with van der Waals surface area (Å²) in [4.78, 5) is 5.57. The van der Waals surface area contributed by atoms with Gasteiger partial charge in [0.15, 0.2) is 0 Å². The van der Waals surface area contributed by atoms with Crippen LogP contribution in [0.5, 0.6) is 0 Å². The number of nitrogens with zero attached hydrogens (tertiary/aromatic N) is 1. The van der Waals surface area contributed by atoms with Crippen molar-refractivity contribution in [3.05, 3.63) is 50.9 Å². The number of rotatable bonds is 6. The molecule has 0 bridgehead atoms. The normalized spacial score (nSPS) is 11.8. The summed E-state index contributed by atoms with van der Waals surface area (Å²) in [6, 6.07) is 7.81. The van der Waals surface area contributed by atoms with Crippen LogP contribution in [0.1, 0.15) is 22.6 Å². The van der Waals surface area contributed by atoms with Gasteiger partial charge < -0.3 is 0 Å². The van der Waals surface area contributed by atoms with Gasteiger partial charge >= 0.3 is 0 Å². The van der Waals surface area contributed by atoms with Gasteiger partial charge in [0.05, 0.1) is 11.2 Å². The first kappa shape index (κ1) is 16.1. The quantitative estimate of drug-likeness (QED) is 0.632. The molecular formula is C15H16Cl3NS. The maximum absolute atomic E-state index is 6.33. The number of alkyl halides is 2. The van der Waals surface area contributed by atoms with Crippen molar-refractivity contribution in [3.63, 3.8) is 0 Å². The Labute approximate surface area is 138 Å². The van der Waals surface area contributed by atoms with Crippen LogP contribution in [-0.4, -0.2) is 16.7 Å². The predicted octanol–water partition coefficient (Wildman–Crippen LogP) is 5.45. The number of hydrogen-bond acceptors (Lipinski definition) is 2. The summed E-state index contributed by atoms with van der Waals surface area (Å²) in [7, 11) is 0. The largest absolute Gasteiger partial charge is 0.250 e. The van der Waals surface area contributed by atoms with Crippen LogP contribution in [-0.2, 0) is 11.8 Å². The third-order valence-corrected chi connectivity index (χ3v) is 5.98. The van der Waals surface area contributed by atoms with Crippen molar-refractivity contribution < 1.29 is 0 Å². The Hall–Kier alpha value is -0.280. The first-order valence-corrected chi connectivity index (χ1v) is 8.71. The molecule has 0 aliphatic heterocycles. The van der Waals surface area contributed by atoms with Crippen LogP contribution in [0.15, 0.2) is 29.8 Å². The molecule has 0 N–H and O–H groups in total. The molecule has 0 saturated carbocycles. The lowest BCUT2D eigenvalue weighted by Gasteiger charge is -2.31. The minimum Gasteiger partial charge on any atom is -0.250 e. The molecule has 0 atom stereocenters. The van der Waals surface area contributed by atoms with Gasteiger partial charge in [-0.3, -0.25) is 0 Å². The lowest BCUT2D eigenvalue weighted by Crippen LogP contribution is -2.31. The minimum absolute atomic E-state index is 0.294. The van der Waals surface area contributed by atoms with Crippen molar-refractivity contribution >= 4 is 46.1 Å². The number of benzene rings is 1. The van der Waals surface area contributed by atoms with Crippen LogP contribution in [0.3, 0.4) is 0 Å². The highest BCUT2D eigenvalue weighted by atomic mass is 35.5. The number of halogens is 3. The predicted molar refractivity (Wildman–Crippen MR) is 89.7 cm³/mol. The van der Waals surface area contributed by atoms with Gasteiger partial charge in [0.25, 0.3) is 0 Å². The van der Waals surface area contributed by atoms with Crippen molar-refractivity contribution in [1.82, 2.24) is 4.98 Å². The smallest absolute Gasteiger partial charge is 0.0797 e. The van der Waals surface area contributed by atoms with Crippen molar-refractivity contribution in [1.29, 1.82) is 0 Å². The van der Waals surface area contributed by atoms with E-state index < -0.39 is 0 Å². The van der Waals surface area contributed by atoms with Crippen LogP contribution in [0.2, 0.25) is 5.02 Å². The molecule has 1 nitrogen and oxygen atoms in total. The Morgan fingerprint density at radius 3 is 2.45 bits per heavy atom. The standard InChI is InChI=1S/C15H16Cl3NS/c1-11-14(20-10-19-11)6-7-15(8-16,9-17)12-4-2-3-5-13(12)18/h2-5,10H,6-9H2,1H3. The van der Waals surface area contributed by atoms with Gasteiger partial charge in [0, 0.05) is 27.1 Å². The van der Waals surface area contributed by atoms with Crippen LogP contribution in [0.4, 0.5) is 0 Å². The average molecular weight is 349 g/mol. The van der Waals surface area contributed by atoms with Crippen molar-refractivity contribution in [2.75, 3.05) is 11.8 Å². The fourth-order valence-corrected chi connectivity index (χ4v) is 4.22. The highest BCUT2D eigenvalue weighted by Gasteiger charge is 2.32. The van der Waals surface area contributed by atoms with Gasteiger partial charge in [-0.05, 0) is 31.4 Å². The first-order valence-electron chi connectivity index (χ1n) is 6.39. The van der Waals surface area contributed by atoms with Crippen LogP contribution in [0, 0.1) is 6.92 Å². The highest BCUT2D eigenvalue weighted by molar-refractivity contribution is 7.09. The van der Waals surface area contributed by atoms with Crippen LogP contribution in [0.25, 0.3) is 0 Å². The van der Waals surface area contributed by atoms with E-state index in [1.54, 1.807) is 11.3 Å². The molecule has 5 heteroatoms. The van der Waals surface area contributed by atoms with Crippen molar-refractivity contribution in [2.45, 2.75) is 25.2 Å². The second kappa shape index (κ2) is 7.13. The Morgan fingerprint density at radius 2 is 1.90 bits per heavy atom. The van der Waals surface area contributed by atoms with Crippen molar-refractivity contribution in [2.24, 2.45) is 0 Å². The zero-order valence-electron chi connectivity index (χ0n) is 11.2. The SMILES string of the molecule is Cc1ncsc1CCC(CCl)(CCl)c1ccccc1Cl. The van der Waals surface area contributed by atoms with Crippen LogP contribution >= 0.6 is 46.1 Å². The number of aromatic nitrogens is 1. The molecule has 0 aliphatic carbocycles. The van der Waals surface area contributed by atoms with E-state index >= 15 is 0 Å². The van der Waals surface area contributed by atoms with Gasteiger partial charge in [-0.2, -0.15) is 0 Å².